The average Bonchev–Trinajstić information content (AvgIpc) is 2.27. The molecule has 1 aromatic carbocycles. The van der Waals surface area contributed by atoms with Gasteiger partial charge in [-0.1, -0.05) is 15.9 Å². The normalized spacial score (nSPS) is 11.3. The second-order valence-corrected chi connectivity index (χ2v) is 6.52. The molecule has 0 amide bonds. The van der Waals surface area contributed by atoms with Gasteiger partial charge in [0.2, 0.25) is 10.0 Å². The largest absolute Gasteiger partial charge is 0.497 e. The highest BCUT2D eigenvalue weighted by Gasteiger charge is 2.11. The van der Waals surface area contributed by atoms with E-state index in [0.717, 1.165) is 4.47 Å². The smallest absolute Gasteiger partial charge is 0.232 e. The molecule has 0 radical (unpaired) electrons. The molecule has 0 saturated heterocycles. The number of halogens is 1. The zero-order valence-corrected chi connectivity index (χ0v) is 12.8. The number of ether oxygens (including phenoxy) is 1. The Morgan fingerprint density at radius 3 is 2.67 bits per heavy atom. The number of methoxy groups -OCH3 is 1. The number of sulfonamides is 1. The topological polar surface area (TPSA) is 67.4 Å². The van der Waals surface area contributed by atoms with Gasteiger partial charge >= 0.3 is 0 Å². The van der Waals surface area contributed by atoms with Crippen LogP contribution in [-0.4, -0.2) is 34.9 Å². The molecule has 0 aliphatic rings. The molecule has 18 heavy (non-hydrogen) atoms. The molecular formula is C11H17BrN2O3S. The maximum atomic E-state index is 11.8. The molecule has 0 saturated carbocycles. The molecule has 0 aliphatic carbocycles. The molecule has 102 valence electrons. The predicted molar refractivity (Wildman–Crippen MR) is 76.6 cm³/mol. The fourth-order valence-electron chi connectivity index (χ4n) is 1.41. The highest BCUT2D eigenvalue weighted by Crippen LogP contribution is 2.25. The SMILES string of the molecule is CNCCCS(=O)(=O)Nc1cc(Br)cc(OC)c1. The van der Waals surface area contributed by atoms with Gasteiger partial charge in [-0.2, -0.15) is 0 Å². The molecule has 1 rings (SSSR count). The Kier molecular flexibility index (Phi) is 5.90. The number of anilines is 1. The zero-order valence-electron chi connectivity index (χ0n) is 10.4. The summed E-state index contributed by atoms with van der Waals surface area (Å²) in [4.78, 5) is 0. The van der Waals surface area contributed by atoms with Gasteiger partial charge in [0.25, 0.3) is 0 Å². The monoisotopic (exact) mass is 336 g/mol. The molecule has 0 aromatic heterocycles. The second-order valence-electron chi connectivity index (χ2n) is 3.76. The van der Waals surface area contributed by atoms with E-state index >= 15 is 0 Å². The second kappa shape index (κ2) is 6.96. The fourth-order valence-corrected chi connectivity index (χ4v) is 2.98. The fraction of sp³-hybridized carbons (Fsp3) is 0.455. The summed E-state index contributed by atoms with van der Waals surface area (Å²) in [6.07, 6.45) is 0.566. The van der Waals surface area contributed by atoms with Crippen LogP contribution in [0.4, 0.5) is 5.69 Å². The van der Waals surface area contributed by atoms with E-state index in [1.807, 2.05) is 0 Å². The molecular weight excluding hydrogens is 320 g/mol. The third-order valence-corrected chi connectivity index (χ3v) is 4.05. The summed E-state index contributed by atoms with van der Waals surface area (Å²) < 4.78 is 31.9. The Hall–Kier alpha value is -0.790. The van der Waals surface area contributed by atoms with Crippen molar-refractivity contribution in [1.82, 2.24) is 5.32 Å². The van der Waals surface area contributed by atoms with Gasteiger partial charge in [0, 0.05) is 10.5 Å². The van der Waals surface area contributed by atoms with Crippen LogP contribution < -0.4 is 14.8 Å². The first-order valence-electron chi connectivity index (χ1n) is 5.46. The molecule has 5 nitrogen and oxygen atoms in total. The quantitative estimate of drug-likeness (QED) is 0.745. The van der Waals surface area contributed by atoms with E-state index in [-0.39, 0.29) is 5.75 Å². The van der Waals surface area contributed by atoms with Crippen molar-refractivity contribution in [2.24, 2.45) is 0 Å². The minimum absolute atomic E-state index is 0.0860. The van der Waals surface area contributed by atoms with Crippen LogP contribution in [0, 0.1) is 0 Å². The molecule has 0 unspecified atom stereocenters. The Bertz CT molecular complexity index is 491. The first-order chi connectivity index (χ1) is 8.46. The molecule has 0 spiro atoms. The lowest BCUT2D eigenvalue weighted by molar-refractivity contribution is 0.415. The van der Waals surface area contributed by atoms with E-state index < -0.39 is 10.0 Å². The van der Waals surface area contributed by atoms with Crippen molar-refractivity contribution in [1.29, 1.82) is 0 Å². The Balaban J connectivity index is 2.74. The first kappa shape index (κ1) is 15.3. The van der Waals surface area contributed by atoms with E-state index in [4.69, 9.17) is 4.74 Å². The maximum absolute atomic E-state index is 11.8. The molecule has 7 heteroatoms. The zero-order chi connectivity index (χ0) is 13.6. The van der Waals surface area contributed by atoms with Crippen LogP contribution in [-0.2, 0) is 10.0 Å². The van der Waals surface area contributed by atoms with Crippen LogP contribution in [0.25, 0.3) is 0 Å². The molecule has 0 heterocycles. The lowest BCUT2D eigenvalue weighted by Gasteiger charge is -2.10. The minimum atomic E-state index is -3.32. The lowest BCUT2D eigenvalue weighted by atomic mass is 10.3. The highest BCUT2D eigenvalue weighted by atomic mass is 79.9. The first-order valence-corrected chi connectivity index (χ1v) is 7.91. The van der Waals surface area contributed by atoms with Crippen molar-refractivity contribution in [2.45, 2.75) is 6.42 Å². The molecule has 0 fully saturated rings. The number of nitrogens with one attached hydrogen (secondary N) is 2. The summed E-state index contributed by atoms with van der Waals surface area (Å²) in [5.74, 6) is 0.681. The van der Waals surface area contributed by atoms with Crippen LogP contribution in [0.5, 0.6) is 5.75 Å². The van der Waals surface area contributed by atoms with E-state index in [1.165, 1.54) is 7.11 Å². The summed E-state index contributed by atoms with van der Waals surface area (Å²) in [5.41, 5.74) is 0.491. The van der Waals surface area contributed by atoms with Crippen molar-refractivity contribution in [2.75, 3.05) is 31.2 Å². The Morgan fingerprint density at radius 1 is 1.33 bits per heavy atom. The van der Waals surface area contributed by atoms with Gasteiger partial charge in [-0.3, -0.25) is 4.72 Å². The van der Waals surface area contributed by atoms with Crippen LogP contribution in [0.3, 0.4) is 0 Å². The van der Waals surface area contributed by atoms with Gasteiger partial charge in [0.1, 0.15) is 5.75 Å². The van der Waals surface area contributed by atoms with Crippen molar-refractivity contribution in [3.63, 3.8) is 0 Å². The molecule has 0 bridgehead atoms. The Morgan fingerprint density at radius 2 is 2.06 bits per heavy atom. The summed E-state index contributed by atoms with van der Waals surface area (Å²) in [5, 5.41) is 2.91. The standard InChI is InChI=1S/C11H17BrN2O3S/c1-13-4-3-5-18(15,16)14-10-6-9(12)7-11(8-10)17-2/h6-8,13-14H,3-5H2,1-2H3. The van der Waals surface area contributed by atoms with Crippen LogP contribution in [0.15, 0.2) is 22.7 Å². The lowest BCUT2D eigenvalue weighted by Crippen LogP contribution is -2.20. The molecule has 0 aliphatic heterocycles. The number of rotatable bonds is 7. The van der Waals surface area contributed by atoms with Crippen LogP contribution in [0.1, 0.15) is 6.42 Å². The number of hydrogen-bond acceptors (Lipinski definition) is 4. The van der Waals surface area contributed by atoms with E-state index in [2.05, 4.69) is 26.0 Å². The van der Waals surface area contributed by atoms with Gasteiger partial charge < -0.3 is 10.1 Å². The highest BCUT2D eigenvalue weighted by molar-refractivity contribution is 9.10. The summed E-state index contributed by atoms with van der Waals surface area (Å²) in [6.45, 7) is 0.669. The summed E-state index contributed by atoms with van der Waals surface area (Å²) in [6, 6.07) is 5.09. The number of benzene rings is 1. The van der Waals surface area contributed by atoms with Crippen molar-refractivity contribution in [3.8, 4) is 5.75 Å². The molecule has 2 N–H and O–H groups in total. The average molecular weight is 337 g/mol. The molecule has 1 aromatic rings. The van der Waals surface area contributed by atoms with Crippen molar-refractivity contribution in [3.05, 3.63) is 22.7 Å². The minimum Gasteiger partial charge on any atom is -0.497 e. The van der Waals surface area contributed by atoms with Gasteiger partial charge in [-0.15, -0.1) is 0 Å². The van der Waals surface area contributed by atoms with Gasteiger partial charge in [0.15, 0.2) is 0 Å². The van der Waals surface area contributed by atoms with Gasteiger partial charge in [-0.05, 0) is 32.1 Å². The van der Waals surface area contributed by atoms with Crippen LogP contribution >= 0.6 is 15.9 Å². The van der Waals surface area contributed by atoms with E-state index in [1.54, 1.807) is 25.2 Å². The van der Waals surface area contributed by atoms with Crippen LogP contribution in [0.2, 0.25) is 0 Å². The molecule has 0 atom stereocenters. The summed E-state index contributed by atoms with van der Waals surface area (Å²) in [7, 11) is 0.0106. The van der Waals surface area contributed by atoms with E-state index in [0.29, 0.717) is 24.4 Å². The number of hydrogen-bond donors (Lipinski definition) is 2. The van der Waals surface area contributed by atoms with Gasteiger partial charge in [0.05, 0.1) is 18.6 Å². The van der Waals surface area contributed by atoms with Crippen molar-refractivity contribution >= 4 is 31.6 Å². The summed E-state index contributed by atoms with van der Waals surface area (Å²) >= 11 is 3.30. The third kappa shape index (κ3) is 5.24. The van der Waals surface area contributed by atoms with Gasteiger partial charge in [-0.25, -0.2) is 8.42 Å². The Labute approximate surface area is 116 Å². The predicted octanol–water partition coefficient (Wildman–Crippen LogP) is 1.81. The van der Waals surface area contributed by atoms with Crippen molar-refractivity contribution < 1.29 is 13.2 Å². The van der Waals surface area contributed by atoms with E-state index in [9.17, 15) is 8.42 Å². The maximum Gasteiger partial charge on any atom is 0.232 e. The third-order valence-electron chi connectivity index (χ3n) is 2.22.